The van der Waals surface area contributed by atoms with Crippen LogP contribution in [-0.4, -0.2) is 12.6 Å². The van der Waals surface area contributed by atoms with Gasteiger partial charge in [-0.1, -0.05) is 6.07 Å². The van der Waals surface area contributed by atoms with Crippen LogP contribution in [0.2, 0.25) is 0 Å². The third kappa shape index (κ3) is 3.02. The number of nitriles is 1. The Morgan fingerprint density at radius 3 is 2.39 bits per heavy atom. The summed E-state index contributed by atoms with van der Waals surface area (Å²) in [7, 11) is 1.70. The van der Waals surface area contributed by atoms with Crippen LogP contribution in [0.1, 0.15) is 36.1 Å². The predicted molar refractivity (Wildman–Crippen MR) is 73.7 cm³/mol. The number of nitrogens with one attached hydrogen (secondary N) is 1. The first-order valence-electron chi connectivity index (χ1n) is 6.12. The number of hydrogen-bond donors (Lipinski definition) is 1. The highest BCUT2D eigenvalue weighted by Gasteiger charge is 2.17. The highest BCUT2D eigenvalue weighted by atomic mass is 16.5. The smallest absolute Gasteiger partial charge is 0.124 e. The molecule has 0 saturated heterocycles. The van der Waals surface area contributed by atoms with E-state index in [9.17, 15) is 0 Å². The molecule has 0 unspecified atom stereocenters. The van der Waals surface area contributed by atoms with E-state index in [0.717, 1.165) is 11.3 Å². The van der Waals surface area contributed by atoms with Gasteiger partial charge in [-0.3, -0.25) is 5.32 Å². The first kappa shape index (κ1) is 14.5. The van der Waals surface area contributed by atoms with Crippen LogP contribution in [-0.2, 0) is 6.54 Å². The topological polar surface area (TPSA) is 45.0 Å². The van der Waals surface area contributed by atoms with E-state index in [1.54, 1.807) is 7.11 Å². The zero-order valence-electron chi connectivity index (χ0n) is 12.1. The van der Waals surface area contributed by atoms with Crippen LogP contribution in [0.15, 0.2) is 6.07 Å². The molecule has 0 atom stereocenters. The minimum absolute atomic E-state index is 0.506. The van der Waals surface area contributed by atoms with Gasteiger partial charge in [-0.15, -0.1) is 0 Å². The molecular weight excluding hydrogens is 224 g/mol. The normalized spacial score (nSPS) is 11.2. The van der Waals surface area contributed by atoms with E-state index in [1.807, 2.05) is 20.8 Å². The van der Waals surface area contributed by atoms with E-state index in [-0.39, 0.29) is 0 Å². The molecule has 0 heterocycles. The molecule has 3 nitrogen and oxygen atoms in total. The summed E-state index contributed by atoms with van der Waals surface area (Å²) in [4.78, 5) is 0. The number of nitrogens with zero attached hydrogens (tertiary/aromatic N) is 1. The van der Waals surface area contributed by atoms with Crippen molar-refractivity contribution in [1.29, 1.82) is 5.26 Å². The molecule has 0 aliphatic rings. The monoisotopic (exact) mass is 246 g/mol. The summed E-state index contributed by atoms with van der Waals surface area (Å²) in [5.41, 5.74) is 4.23. The third-order valence-electron chi connectivity index (χ3n) is 3.34. The lowest BCUT2D eigenvalue weighted by Crippen LogP contribution is -2.37. The van der Waals surface area contributed by atoms with Crippen molar-refractivity contribution in [2.75, 3.05) is 7.11 Å². The van der Waals surface area contributed by atoms with Gasteiger partial charge in [0.2, 0.25) is 0 Å². The molecule has 18 heavy (non-hydrogen) atoms. The summed E-state index contributed by atoms with van der Waals surface area (Å²) < 4.78 is 5.41. The molecule has 0 aromatic heterocycles. The molecule has 0 bridgehead atoms. The van der Waals surface area contributed by atoms with Crippen molar-refractivity contribution >= 4 is 0 Å². The van der Waals surface area contributed by atoms with Gasteiger partial charge >= 0.3 is 0 Å². The Bertz CT molecular complexity index is 484. The van der Waals surface area contributed by atoms with Crippen LogP contribution in [0.25, 0.3) is 0 Å². The lowest BCUT2D eigenvalue weighted by molar-refractivity contribution is 0.407. The summed E-state index contributed by atoms with van der Waals surface area (Å²) in [5, 5.41) is 12.3. The van der Waals surface area contributed by atoms with E-state index in [1.165, 1.54) is 16.7 Å². The molecular formula is C15H22N2O. The van der Waals surface area contributed by atoms with Gasteiger partial charge in [0, 0.05) is 6.54 Å². The summed E-state index contributed by atoms with van der Waals surface area (Å²) in [6.45, 7) is 10.7. The van der Waals surface area contributed by atoms with Gasteiger partial charge in [-0.05, 0) is 56.9 Å². The van der Waals surface area contributed by atoms with E-state index < -0.39 is 5.54 Å². The SMILES string of the molecule is COc1c(C)cc(CNC(C)(C)C#N)c(C)c1C. The lowest BCUT2D eigenvalue weighted by atomic mass is 9.97. The molecule has 0 radical (unpaired) electrons. The summed E-state index contributed by atoms with van der Waals surface area (Å²) in [5.74, 6) is 0.954. The third-order valence-corrected chi connectivity index (χ3v) is 3.34. The highest BCUT2D eigenvalue weighted by Crippen LogP contribution is 2.28. The standard InChI is InChI=1S/C15H22N2O/c1-10-7-13(8-17-15(4,5)9-16)11(2)12(3)14(10)18-6/h7,17H,8H2,1-6H3. The molecule has 1 rings (SSSR count). The number of methoxy groups -OCH3 is 1. The Kier molecular flexibility index (Phi) is 4.37. The largest absolute Gasteiger partial charge is 0.496 e. The van der Waals surface area contributed by atoms with Crippen LogP contribution in [0.4, 0.5) is 0 Å². The highest BCUT2D eigenvalue weighted by molar-refractivity contribution is 5.49. The van der Waals surface area contributed by atoms with Gasteiger partial charge in [0.15, 0.2) is 0 Å². The maximum absolute atomic E-state index is 9.00. The van der Waals surface area contributed by atoms with Crippen molar-refractivity contribution < 1.29 is 4.74 Å². The minimum Gasteiger partial charge on any atom is -0.496 e. The quantitative estimate of drug-likeness (QED) is 0.888. The van der Waals surface area contributed by atoms with Gasteiger partial charge in [0.05, 0.1) is 13.2 Å². The Labute approximate surface area is 110 Å². The first-order valence-corrected chi connectivity index (χ1v) is 6.12. The van der Waals surface area contributed by atoms with E-state index >= 15 is 0 Å². The average molecular weight is 246 g/mol. The number of aryl methyl sites for hydroxylation is 1. The summed E-state index contributed by atoms with van der Waals surface area (Å²) in [6, 6.07) is 4.37. The molecule has 1 aromatic rings. The van der Waals surface area contributed by atoms with E-state index in [4.69, 9.17) is 10.00 Å². The molecule has 0 spiro atoms. The van der Waals surface area contributed by atoms with E-state index in [0.29, 0.717) is 6.54 Å². The fourth-order valence-corrected chi connectivity index (χ4v) is 2.00. The molecule has 0 fully saturated rings. The zero-order chi connectivity index (χ0) is 13.9. The van der Waals surface area contributed by atoms with Crippen molar-refractivity contribution in [2.45, 2.75) is 46.7 Å². The number of ether oxygens (including phenoxy) is 1. The average Bonchev–Trinajstić information content (AvgIpc) is 2.33. The van der Waals surface area contributed by atoms with Crippen LogP contribution in [0, 0.1) is 32.1 Å². The van der Waals surface area contributed by atoms with Crippen LogP contribution < -0.4 is 10.1 Å². The van der Waals surface area contributed by atoms with Crippen molar-refractivity contribution in [3.8, 4) is 11.8 Å². The molecule has 0 amide bonds. The molecule has 0 aliphatic heterocycles. The second-order valence-electron chi connectivity index (χ2n) is 5.23. The van der Waals surface area contributed by atoms with Gasteiger partial charge < -0.3 is 4.74 Å². The van der Waals surface area contributed by atoms with Gasteiger partial charge in [-0.25, -0.2) is 0 Å². The van der Waals surface area contributed by atoms with Crippen molar-refractivity contribution in [3.63, 3.8) is 0 Å². The van der Waals surface area contributed by atoms with E-state index in [2.05, 4.69) is 31.3 Å². The Balaban J connectivity index is 3.03. The maximum atomic E-state index is 9.00. The zero-order valence-corrected chi connectivity index (χ0v) is 12.1. The van der Waals surface area contributed by atoms with Gasteiger partial charge in [-0.2, -0.15) is 5.26 Å². The Hall–Kier alpha value is -1.53. The van der Waals surface area contributed by atoms with Gasteiger partial charge in [0.25, 0.3) is 0 Å². The summed E-state index contributed by atoms with van der Waals surface area (Å²) >= 11 is 0. The molecule has 1 aromatic carbocycles. The molecule has 3 heteroatoms. The Morgan fingerprint density at radius 1 is 1.28 bits per heavy atom. The second-order valence-corrected chi connectivity index (χ2v) is 5.23. The second kappa shape index (κ2) is 5.41. The van der Waals surface area contributed by atoms with Crippen molar-refractivity contribution in [3.05, 3.63) is 28.3 Å². The van der Waals surface area contributed by atoms with Crippen LogP contribution in [0.3, 0.4) is 0 Å². The molecule has 98 valence electrons. The Morgan fingerprint density at radius 2 is 1.89 bits per heavy atom. The number of hydrogen-bond acceptors (Lipinski definition) is 3. The van der Waals surface area contributed by atoms with Gasteiger partial charge in [0.1, 0.15) is 11.3 Å². The van der Waals surface area contributed by atoms with Crippen LogP contribution >= 0.6 is 0 Å². The number of rotatable bonds is 4. The predicted octanol–water partition coefficient (Wildman–Crippen LogP) is 3.01. The molecule has 0 aliphatic carbocycles. The molecule has 1 N–H and O–H groups in total. The first-order chi connectivity index (χ1) is 8.32. The lowest BCUT2D eigenvalue weighted by Gasteiger charge is -2.20. The number of benzene rings is 1. The fourth-order valence-electron chi connectivity index (χ4n) is 2.00. The fraction of sp³-hybridized carbons (Fsp3) is 0.533. The van der Waals surface area contributed by atoms with Crippen molar-refractivity contribution in [1.82, 2.24) is 5.32 Å². The molecule has 0 saturated carbocycles. The van der Waals surface area contributed by atoms with Crippen LogP contribution in [0.5, 0.6) is 5.75 Å². The maximum Gasteiger partial charge on any atom is 0.124 e. The summed E-state index contributed by atoms with van der Waals surface area (Å²) in [6.07, 6.45) is 0. The van der Waals surface area contributed by atoms with Crippen molar-refractivity contribution in [2.24, 2.45) is 0 Å². The minimum atomic E-state index is -0.506.